The molecular weight excluding hydrogens is 270 g/mol. The molecule has 0 fully saturated rings. The highest BCUT2D eigenvalue weighted by molar-refractivity contribution is 5.88. The first-order valence-electron chi connectivity index (χ1n) is 6.48. The Hall–Kier alpha value is -2.47. The summed E-state index contributed by atoms with van der Waals surface area (Å²) in [5.41, 5.74) is 3.40. The van der Waals surface area contributed by atoms with E-state index in [2.05, 4.69) is 22.0 Å². The molecule has 0 saturated carbocycles. The van der Waals surface area contributed by atoms with E-state index in [0.717, 1.165) is 5.57 Å². The van der Waals surface area contributed by atoms with Gasteiger partial charge in [-0.05, 0) is 13.0 Å². The normalized spacial score (nSPS) is 10.6. The maximum Gasteiger partial charge on any atom is 0.274 e. The SMILES string of the molecule is C=C(C)Cn1nc(CC(=O)NOC)c2ccccc2c1=O. The van der Waals surface area contributed by atoms with Crippen LogP contribution in [0, 0.1) is 0 Å². The molecular formula is C15H17N3O3. The highest BCUT2D eigenvalue weighted by Crippen LogP contribution is 2.14. The molecule has 6 nitrogen and oxygen atoms in total. The lowest BCUT2D eigenvalue weighted by Gasteiger charge is -2.10. The fraction of sp³-hybridized carbons (Fsp3) is 0.267. The molecule has 6 heteroatoms. The second kappa shape index (κ2) is 6.32. The Kier molecular flexibility index (Phi) is 4.49. The third kappa shape index (κ3) is 3.35. The average molecular weight is 287 g/mol. The zero-order valence-corrected chi connectivity index (χ0v) is 12.0. The Morgan fingerprint density at radius 1 is 1.38 bits per heavy atom. The van der Waals surface area contributed by atoms with Crippen molar-refractivity contribution in [1.82, 2.24) is 15.3 Å². The Morgan fingerprint density at radius 2 is 2.05 bits per heavy atom. The van der Waals surface area contributed by atoms with Crippen molar-refractivity contribution >= 4 is 16.7 Å². The second-order valence-electron chi connectivity index (χ2n) is 4.82. The van der Waals surface area contributed by atoms with Crippen LogP contribution in [0.5, 0.6) is 0 Å². The van der Waals surface area contributed by atoms with Gasteiger partial charge in [-0.1, -0.05) is 30.4 Å². The molecule has 110 valence electrons. The van der Waals surface area contributed by atoms with Gasteiger partial charge >= 0.3 is 0 Å². The summed E-state index contributed by atoms with van der Waals surface area (Å²) >= 11 is 0. The number of hydrogen-bond acceptors (Lipinski definition) is 4. The summed E-state index contributed by atoms with van der Waals surface area (Å²) in [6.07, 6.45) is 0.0326. The van der Waals surface area contributed by atoms with Crippen LogP contribution in [0.25, 0.3) is 10.8 Å². The molecule has 0 atom stereocenters. The summed E-state index contributed by atoms with van der Waals surface area (Å²) < 4.78 is 1.33. The van der Waals surface area contributed by atoms with Crippen molar-refractivity contribution in [1.29, 1.82) is 0 Å². The predicted octanol–water partition coefficient (Wildman–Crippen LogP) is 1.19. The molecule has 1 amide bonds. The lowest BCUT2D eigenvalue weighted by atomic mass is 10.1. The number of allylic oxidation sites excluding steroid dienone is 1. The van der Waals surface area contributed by atoms with E-state index in [0.29, 0.717) is 23.0 Å². The highest BCUT2D eigenvalue weighted by Gasteiger charge is 2.13. The molecule has 1 heterocycles. The largest absolute Gasteiger partial charge is 0.277 e. The zero-order chi connectivity index (χ0) is 15.4. The van der Waals surface area contributed by atoms with Gasteiger partial charge in [-0.25, -0.2) is 10.2 Å². The van der Waals surface area contributed by atoms with Gasteiger partial charge in [-0.2, -0.15) is 5.10 Å². The fourth-order valence-electron chi connectivity index (χ4n) is 2.10. The van der Waals surface area contributed by atoms with Crippen LogP contribution in [0.2, 0.25) is 0 Å². The van der Waals surface area contributed by atoms with Crippen molar-refractivity contribution in [3.8, 4) is 0 Å². The molecule has 1 aromatic heterocycles. The van der Waals surface area contributed by atoms with E-state index in [4.69, 9.17) is 0 Å². The quantitative estimate of drug-likeness (QED) is 0.662. The molecule has 21 heavy (non-hydrogen) atoms. The van der Waals surface area contributed by atoms with Crippen LogP contribution in [-0.2, 0) is 22.6 Å². The number of hydrogen-bond donors (Lipinski definition) is 1. The van der Waals surface area contributed by atoms with Crippen LogP contribution in [0.1, 0.15) is 12.6 Å². The van der Waals surface area contributed by atoms with Crippen molar-refractivity contribution in [2.75, 3.05) is 7.11 Å². The van der Waals surface area contributed by atoms with E-state index < -0.39 is 0 Å². The number of carbonyl (C=O) groups is 1. The molecule has 0 radical (unpaired) electrons. The summed E-state index contributed by atoms with van der Waals surface area (Å²) in [6, 6.07) is 7.11. The maximum absolute atomic E-state index is 12.4. The summed E-state index contributed by atoms with van der Waals surface area (Å²) in [5.74, 6) is -0.323. The molecule has 0 aliphatic carbocycles. The number of hydroxylamine groups is 1. The molecule has 0 unspecified atom stereocenters. The minimum atomic E-state index is -0.323. The summed E-state index contributed by atoms with van der Waals surface area (Å²) in [4.78, 5) is 28.7. The molecule has 1 N–H and O–H groups in total. The van der Waals surface area contributed by atoms with E-state index in [1.54, 1.807) is 18.2 Å². The first kappa shape index (κ1) is 14.9. The minimum absolute atomic E-state index is 0.0326. The van der Waals surface area contributed by atoms with Gasteiger partial charge in [0, 0.05) is 5.39 Å². The van der Waals surface area contributed by atoms with Crippen LogP contribution in [0.15, 0.2) is 41.2 Å². The molecule has 2 aromatic rings. The van der Waals surface area contributed by atoms with Gasteiger partial charge in [0.25, 0.3) is 5.56 Å². The van der Waals surface area contributed by atoms with E-state index in [-0.39, 0.29) is 17.9 Å². The monoisotopic (exact) mass is 287 g/mol. The first-order valence-corrected chi connectivity index (χ1v) is 6.48. The topological polar surface area (TPSA) is 73.2 Å². The number of carbonyl (C=O) groups excluding carboxylic acids is 1. The third-order valence-electron chi connectivity index (χ3n) is 2.91. The standard InChI is InChI=1S/C15H17N3O3/c1-10(2)9-18-15(20)12-7-5-4-6-11(12)13(16-18)8-14(19)17-21-3/h4-7H,1,8-9H2,2-3H3,(H,17,19). The predicted molar refractivity (Wildman–Crippen MR) is 79.7 cm³/mol. The lowest BCUT2D eigenvalue weighted by Crippen LogP contribution is -2.28. The van der Waals surface area contributed by atoms with Gasteiger partial charge < -0.3 is 0 Å². The van der Waals surface area contributed by atoms with Crippen molar-refractivity contribution in [3.63, 3.8) is 0 Å². The van der Waals surface area contributed by atoms with E-state index in [1.807, 2.05) is 13.0 Å². The van der Waals surface area contributed by atoms with Crippen molar-refractivity contribution in [3.05, 3.63) is 52.5 Å². The summed E-state index contributed by atoms with van der Waals surface area (Å²) in [6.45, 7) is 5.93. The van der Waals surface area contributed by atoms with Crippen LogP contribution in [0.3, 0.4) is 0 Å². The van der Waals surface area contributed by atoms with Gasteiger partial charge in [0.05, 0.1) is 31.2 Å². The minimum Gasteiger partial charge on any atom is -0.277 e. The summed E-state index contributed by atoms with van der Waals surface area (Å²) in [5, 5.41) is 5.50. The van der Waals surface area contributed by atoms with Crippen LogP contribution in [0.4, 0.5) is 0 Å². The average Bonchev–Trinajstić information content (AvgIpc) is 2.44. The molecule has 0 aliphatic heterocycles. The van der Waals surface area contributed by atoms with E-state index >= 15 is 0 Å². The zero-order valence-electron chi connectivity index (χ0n) is 12.0. The van der Waals surface area contributed by atoms with Gasteiger partial charge in [0.1, 0.15) is 0 Å². The van der Waals surface area contributed by atoms with Gasteiger partial charge in [-0.15, -0.1) is 0 Å². The molecule has 2 rings (SSSR count). The van der Waals surface area contributed by atoms with Crippen molar-refractivity contribution < 1.29 is 9.63 Å². The molecule has 0 spiro atoms. The Balaban J connectivity index is 2.57. The fourth-order valence-corrected chi connectivity index (χ4v) is 2.10. The second-order valence-corrected chi connectivity index (χ2v) is 4.82. The summed E-state index contributed by atoms with van der Waals surface area (Å²) in [7, 11) is 1.37. The number of nitrogens with zero attached hydrogens (tertiary/aromatic N) is 2. The van der Waals surface area contributed by atoms with Gasteiger partial charge in [-0.3, -0.25) is 14.4 Å². The maximum atomic E-state index is 12.4. The van der Waals surface area contributed by atoms with Crippen LogP contribution >= 0.6 is 0 Å². The van der Waals surface area contributed by atoms with Gasteiger partial charge in [0.2, 0.25) is 5.91 Å². The number of aromatic nitrogens is 2. The lowest BCUT2D eigenvalue weighted by molar-refractivity contribution is -0.130. The van der Waals surface area contributed by atoms with Crippen LogP contribution < -0.4 is 11.0 Å². The molecule has 0 saturated heterocycles. The number of rotatable bonds is 5. The van der Waals surface area contributed by atoms with E-state index in [9.17, 15) is 9.59 Å². The molecule has 0 aliphatic rings. The number of amides is 1. The molecule has 0 bridgehead atoms. The van der Waals surface area contributed by atoms with Crippen molar-refractivity contribution in [2.24, 2.45) is 0 Å². The van der Waals surface area contributed by atoms with Gasteiger partial charge in [0.15, 0.2) is 0 Å². The Morgan fingerprint density at radius 3 is 2.67 bits per heavy atom. The van der Waals surface area contributed by atoms with Crippen LogP contribution in [-0.4, -0.2) is 22.8 Å². The number of benzene rings is 1. The first-order chi connectivity index (χ1) is 10.0. The highest BCUT2D eigenvalue weighted by atomic mass is 16.6. The number of fused-ring (bicyclic) bond motifs is 1. The number of nitrogens with one attached hydrogen (secondary N) is 1. The van der Waals surface area contributed by atoms with Crippen molar-refractivity contribution in [2.45, 2.75) is 19.9 Å². The third-order valence-corrected chi connectivity index (χ3v) is 2.91. The molecule has 1 aromatic carbocycles. The Labute approximate surface area is 122 Å². The smallest absolute Gasteiger partial charge is 0.274 e. The Bertz CT molecular complexity index is 749. The van der Waals surface area contributed by atoms with E-state index in [1.165, 1.54) is 11.8 Å².